The van der Waals surface area contributed by atoms with Crippen LogP contribution >= 0.6 is 0 Å². The maximum Gasteiger partial charge on any atom is 0.387 e. The Morgan fingerprint density at radius 3 is 2.51 bits per heavy atom. The summed E-state index contributed by atoms with van der Waals surface area (Å²) in [5, 5.41) is 2.75. The summed E-state index contributed by atoms with van der Waals surface area (Å²) in [6, 6.07) is 13.8. The van der Waals surface area contributed by atoms with E-state index in [1.165, 1.54) is 46.2 Å². The molecule has 3 aromatic rings. The Labute approximate surface area is 232 Å². The second-order valence-electron chi connectivity index (χ2n) is 9.62. The van der Waals surface area contributed by atoms with E-state index in [1.54, 1.807) is 31.2 Å². The van der Waals surface area contributed by atoms with Gasteiger partial charge in [-0.2, -0.15) is 8.78 Å². The summed E-state index contributed by atoms with van der Waals surface area (Å²) in [4.78, 5) is 42.4. The quantitative estimate of drug-likeness (QED) is 0.409. The number of hydrogen-bond donors (Lipinski definition) is 1. The Morgan fingerprint density at radius 2 is 1.78 bits per heavy atom. The van der Waals surface area contributed by atoms with E-state index in [1.807, 2.05) is 0 Å². The van der Waals surface area contributed by atoms with Crippen LogP contribution in [0.2, 0.25) is 0 Å². The molecule has 0 radical (unpaired) electrons. The van der Waals surface area contributed by atoms with E-state index in [-0.39, 0.29) is 43.1 Å². The van der Waals surface area contributed by atoms with Gasteiger partial charge in [0.1, 0.15) is 17.5 Å². The monoisotopic (exact) mass is 571 g/mol. The Hall–Kier alpha value is -4.61. The third kappa shape index (κ3) is 5.96. The van der Waals surface area contributed by atoms with E-state index in [0.29, 0.717) is 28.1 Å². The van der Waals surface area contributed by atoms with Crippen molar-refractivity contribution in [2.45, 2.75) is 26.0 Å². The highest BCUT2D eigenvalue weighted by molar-refractivity contribution is 6.10. The largest absolute Gasteiger partial charge is 0.483 e. The Morgan fingerprint density at radius 1 is 1.00 bits per heavy atom. The number of benzene rings is 3. The van der Waals surface area contributed by atoms with Gasteiger partial charge in [0.15, 0.2) is 6.61 Å². The third-order valence-electron chi connectivity index (χ3n) is 7.00. The first-order valence-corrected chi connectivity index (χ1v) is 12.7. The van der Waals surface area contributed by atoms with E-state index >= 15 is 0 Å². The number of anilines is 1. The van der Waals surface area contributed by atoms with Crippen molar-refractivity contribution >= 4 is 23.4 Å². The number of halogens is 4. The van der Waals surface area contributed by atoms with E-state index in [2.05, 4.69) is 10.1 Å². The molecule has 41 heavy (non-hydrogen) atoms. The van der Waals surface area contributed by atoms with Crippen LogP contribution in [0.15, 0.2) is 60.7 Å². The molecule has 3 aromatic carbocycles. The number of amides is 3. The first-order valence-electron chi connectivity index (χ1n) is 12.7. The smallest absolute Gasteiger partial charge is 0.387 e. The summed E-state index contributed by atoms with van der Waals surface area (Å²) in [7, 11) is 0. The molecule has 214 valence electrons. The summed E-state index contributed by atoms with van der Waals surface area (Å²) in [5.41, 5.74) is 1.91. The lowest BCUT2D eigenvalue weighted by atomic mass is 9.99. The standard InChI is InChI=1S/C29H25F4N3O5/c1-16-11-20(41-29(32)33)6-8-24(16)40-15-25(37)35-9-10-36-23(14-35)27(38)34-22-7-5-18(13-21(22)28(36)39)17-3-2-4-19(12-17)26(30)31/h2-8,11-13,23,26,29H,9-10,14-15H2,1H3,(H,34,38). The van der Waals surface area contributed by atoms with Gasteiger partial charge in [-0.25, -0.2) is 8.78 Å². The molecule has 0 aliphatic carbocycles. The van der Waals surface area contributed by atoms with Gasteiger partial charge in [0.2, 0.25) is 5.91 Å². The Kier molecular flexibility index (Phi) is 7.82. The minimum Gasteiger partial charge on any atom is -0.483 e. The molecule has 0 spiro atoms. The lowest BCUT2D eigenvalue weighted by Gasteiger charge is -2.39. The first-order chi connectivity index (χ1) is 19.6. The zero-order valence-electron chi connectivity index (χ0n) is 21.8. The van der Waals surface area contributed by atoms with E-state index in [4.69, 9.17) is 4.74 Å². The highest BCUT2D eigenvalue weighted by Crippen LogP contribution is 2.32. The van der Waals surface area contributed by atoms with Crippen LogP contribution in [0.5, 0.6) is 11.5 Å². The lowest BCUT2D eigenvalue weighted by Crippen LogP contribution is -2.60. The van der Waals surface area contributed by atoms with Crippen LogP contribution in [-0.4, -0.2) is 66.4 Å². The number of carbonyl (C=O) groups excluding carboxylic acids is 3. The van der Waals surface area contributed by atoms with Crippen molar-refractivity contribution in [2.24, 2.45) is 0 Å². The van der Waals surface area contributed by atoms with Crippen LogP contribution in [0.3, 0.4) is 0 Å². The zero-order chi connectivity index (χ0) is 29.3. The number of nitrogens with one attached hydrogen (secondary N) is 1. The minimum atomic E-state index is -2.96. The molecular formula is C29H25F4N3O5. The van der Waals surface area contributed by atoms with Crippen molar-refractivity contribution in [3.05, 3.63) is 77.4 Å². The summed E-state index contributed by atoms with van der Waals surface area (Å²) in [6.07, 6.45) is -2.64. The van der Waals surface area contributed by atoms with Gasteiger partial charge in [-0.1, -0.05) is 24.3 Å². The fourth-order valence-electron chi connectivity index (χ4n) is 4.90. The van der Waals surface area contributed by atoms with E-state index in [9.17, 15) is 31.9 Å². The average Bonchev–Trinajstić information content (AvgIpc) is 3.05. The van der Waals surface area contributed by atoms with Gasteiger partial charge in [0.05, 0.1) is 17.8 Å². The third-order valence-corrected chi connectivity index (χ3v) is 7.00. The van der Waals surface area contributed by atoms with Crippen molar-refractivity contribution in [1.82, 2.24) is 9.80 Å². The van der Waals surface area contributed by atoms with Crippen LogP contribution in [0, 0.1) is 6.92 Å². The molecule has 1 fully saturated rings. The predicted molar refractivity (Wildman–Crippen MR) is 140 cm³/mol. The van der Waals surface area contributed by atoms with Crippen LogP contribution in [-0.2, 0) is 9.59 Å². The van der Waals surface area contributed by atoms with Gasteiger partial charge in [-0.15, -0.1) is 0 Å². The molecule has 1 N–H and O–H groups in total. The number of alkyl halides is 4. The molecule has 8 nitrogen and oxygen atoms in total. The van der Waals surface area contributed by atoms with Crippen molar-refractivity contribution < 1.29 is 41.4 Å². The fourth-order valence-corrected chi connectivity index (χ4v) is 4.90. The molecule has 3 amide bonds. The van der Waals surface area contributed by atoms with Crippen LogP contribution in [0.25, 0.3) is 11.1 Å². The molecule has 2 aliphatic rings. The number of hydrogen-bond acceptors (Lipinski definition) is 5. The van der Waals surface area contributed by atoms with Crippen LogP contribution in [0.4, 0.5) is 23.2 Å². The van der Waals surface area contributed by atoms with Crippen molar-refractivity contribution in [2.75, 3.05) is 31.6 Å². The van der Waals surface area contributed by atoms with Crippen molar-refractivity contribution in [1.29, 1.82) is 0 Å². The second-order valence-corrected chi connectivity index (χ2v) is 9.62. The molecule has 0 aromatic heterocycles. The summed E-state index contributed by atoms with van der Waals surface area (Å²) >= 11 is 0. The SMILES string of the molecule is Cc1cc(OC(F)F)ccc1OCC(=O)N1CCN2C(=O)c3cc(-c4cccc(C(F)F)c4)ccc3NC(=O)C2C1. The predicted octanol–water partition coefficient (Wildman–Crippen LogP) is 4.89. The van der Waals surface area contributed by atoms with E-state index < -0.39 is 36.8 Å². The molecule has 1 unspecified atom stereocenters. The summed E-state index contributed by atoms with van der Waals surface area (Å²) < 4.78 is 61.2. The van der Waals surface area contributed by atoms with E-state index in [0.717, 1.165) is 0 Å². The minimum absolute atomic E-state index is 0.0360. The number of nitrogens with zero attached hydrogens (tertiary/aromatic N) is 2. The number of ether oxygens (including phenoxy) is 2. The molecule has 12 heteroatoms. The van der Waals surface area contributed by atoms with Crippen molar-refractivity contribution in [3.63, 3.8) is 0 Å². The molecule has 0 saturated carbocycles. The van der Waals surface area contributed by atoms with Gasteiger partial charge in [0.25, 0.3) is 18.2 Å². The van der Waals surface area contributed by atoms with Gasteiger partial charge in [0, 0.05) is 18.7 Å². The van der Waals surface area contributed by atoms with Gasteiger partial charge < -0.3 is 24.6 Å². The normalized spacial score (nSPS) is 16.7. The zero-order valence-corrected chi connectivity index (χ0v) is 21.8. The maximum absolute atomic E-state index is 13.5. The number of rotatable bonds is 7. The summed E-state index contributed by atoms with van der Waals surface area (Å²) in [6.45, 7) is -1.52. The number of aryl methyl sites for hydroxylation is 1. The number of piperazine rings is 1. The Balaban J connectivity index is 1.28. The topological polar surface area (TPSA) is 88.2 Å². The van der Waals surface area contributed by atoms with Gasteiger partial charge in [-0.3, -0.25) is 14.4 Å². The maximum atomic E-state index is 13.5. The van der Waals surface area contributed by atoms with Crippen LogP contribution in [0.1, 0.15) is 27.9 Å². The van der Waals surface area contributed by atoms with Gasteiger partial charge in [-0.05, 0) is 60.0 Å². The molecular weight excluding hydrogens is 546 g/mol. The highest BCUT2D eigenvalue weighted by Gasteiger charge is 2.40. The lowest BCUT2D eigenvalue weighted by molar-refractivity contribution is -0.137. The molecule has 2 heterocycles. The molecule has 2 aliphatic heterocycles. The number of fused-ring (bicyclic) bond motifs is 2. The molecule has 1 saturated heterocycles. The fraction of sp³-hybridized carbons (Fsp3) is 0.276. The number of carbonyl (C=O) groups is 3. The first kappa shape index (κ1) is 27.9. The molecule has 0 bridgehead atoms. The molecule has 1 atom stereocenters. The Bertz CT molecular complexity index is 1500. The summed E-state index contributed by atoms with van der Waals surface area (Å²) in [5.74, 6) is -1.02. The second kappa shape index (κ2) is 11.5. The van der Waals surface area contributed by atoms with Gasteiger partial charge >= 0.3 is 6.61 Å². The van der Waals surface area contributed by atoms with Crippen molar-refractivity contribution in [3.8, 4) is 22.6 Å². The van der Waals surface area contributed by atoms with Crippen LogP contribution < -0.4 is 14.8 Å². The average molecular weight is 572 g/mol. The highest BCUT2D eigenvalue weighted by atomic mass is 19.3. The molecule has 5 rings (SSSR count).